The second kappa shape index (κ2) is 5.80. The zero-order valence-corrected chi connectivity index (χ0v) is 11.7. The van der Waals surface area contributed by atoms with Crippen LogP contribution in [0.2, 0.25) is 0 Å². The van der Waals surface area contributed by atoms with Crippen LogP contribution < -0.4 is 5.32 Å². The highest BCUT2D eigenvalue weighted by Gasteiger charge is 2.36. The molecule has 0 spiro atoms. The number of amides is 1. The lowest BCUT2D eigenvalue weighted by Crippen LogP contribution is -2.57. The largest absolute Gasteiger partial charge is 0.391 e. The lowest BCUT2D eigenvalue weighted by atomic mass is 9.77. The molecule has 0 aromatic carbocycles. The Kier molecular flexibility index (Phi) is 4.08. The summed E-state index contributed by atoms with van der Waals surface area (Å²) < 4.78 is 0. The van der Waals surface area contributed by atoms with E-state index in [0.29, 0.717) is 12.6 Å². The van der Waals surface area contributed by atoms with Gasteiger partial charge in [-0.15, -0.1) is 0 Å². The number of piperidine rings is 2. The van der Waals surface area contributed by atoms with Gasteiger partial charge >= 0.3 is 0 Å². The van der Waals surface area contributed by atoms with E-state index in [1.54, 1.807) is 0 Å². The van der Waals surface area contributed by atoms with Gasteiger partial charge in [0.1, 0.15) is 0 Å². The number of aliphatic hydroxyl groups is 1. The van der Waals surface area contributed by atoms with E-state index in [-0.39, 0.29) is 18.1 Å². The van der Waals surface area contributed by atoms with Crippen molar-refractivity contribution in [2.75, 3.05) is 13.1 Å². The predicted molar refractivity (Wildman–Crippen MR) is 73.7 cm³/mol. The van der Waals surface area contributed by atoms with Crippen LogP contribution in [0.4, 0.5) is 0 Å². The maximum absolute atomic E-state index is 12.5. The van der Waals surface area contributed by atoms with Crippen LogP contribution in [-0.2, 0) is 4.79 Å². The molecule has 2 aliphatic heterocycles. The molecule has 3 rings (SSSR count). The summed E-state index contributed by atoms with van der Waals surface area (Å²) in [6, 6.07) is 0.566. The highest BCUT2D eigenvalue weighted by molar-refractivity contribution is 5.82. The molecule has 4 heteroatoms. The first-order chi connectivity index (χ1) is 9.24. The first-order valence-electron chi connectivity index (χ1n) is 7.97. The summed E-state index contributed by atoms with van der Waals surface area (Å²) >= 11 is 0. The Bertz CT molecular complexity index is 334. The van der Waals surface area contributed by atoms with Gasteiger partial charge in [-0.1, -0.05) is 12.8 Å². The SMILES string of the molecule is O=C(C1CCC2CCCCC2N1)N1CCC[C@H](O)C1. The topological polar surface area (TPSA) is 52.6 Å². The molecule has 4 nitrogen and oxygen atoms in total. The Morgan fingerprint density at radius 2 is 1.89 bits per heavy atom. The minimum Gasteiger partial charge on any atom is -0.391 e. The van der Waals surface area contributed by atoms with Crippen molar-refractivity contribution in [3.63, 3.8) is 0 Å². The summed E-state index contributed by atoms with van der Waals surface area (Å²) in [6.45, 7) is 1.35. The minimum absolute atomic E-state index is 0.00431. The van der Waals surface area contributed by atoms with Gasteiger partial charge in [0.15, 0.2) is 0 Å². The molecule has 1 saturated carbocycles. The first kappa shape index (κ1) is 13.4. The fourth-order valence-electron chi connectivity index (χ4n) is 4.07. The second-order valence-corrected chi connectivity index (χ2v) is 6.53. The van der Waals surface area contributed by atoms with Gasteiger partial charge in [0.25, 0.3) is 0 Å². The number of hydrogen-bond donors (Lipinski definition) is 2. The Morgan fingerprint density at radius 3 is 2.74 bits per heavy atom. The van der Waals surface area contributed by atoms with Crippen molar-refractivity contribution >= 4 is 5.91 Å². The summed E-state index contributed by atoms with van der Waals surface area (Å²) in [5.41, 5.74) is 0. The molecule has 0 aromatic heterocycles. The Labute approximate surface area is 115 Å². The molecule has 108 valence electrons. The van der Waals surface area contributed by atoms with Gasteiger partial charge in [-0.25, -0.2) is 0 Å². The Hall–Kier alpha value is -0.610. The number of rotatable bonds is 1. The first-order valence-corrected chi connectivity index (χ1v) is 7.97. The van der Waals surface area contributed by atoms with E-state index in [0.717, 1.165) is 31.7 Å². The monoisotopic (exact) mass is 266 g/mol. The molecule has 3 unspecified atom stereocenters. The fraction of sp³-hybridized carbons (Fsp3) is 0.933. The maximum Gasteiger partial charge on any atom is 0.239 e. The fourth-order valence-corrected chi connectivity index (χ4v) is 4.07. The lowest BCUT2D eigenvalue weighted by Gasteiger charge is -2.42. The van der Waals surface area contributed by atoms with Gasteiger partial charge in [0.05, 0.1) is 12.1 Å². The second-order valence-electron chi connectivity index (χ2n) is 6.53. The third-order valence-electron chi connectivity index (χ3n) is 5.16. The van der Waals surface area contributed by atoms with Gasteiger partial charge in [-0.2, -0.15) is 0 Å². The van der Waals surface area contributed by atoms with Crippen LogP contribution in [0.5, 0.6) is 0 Å². The minimum atomic E-state index is -0.316. The van der Waals surface area contributed by atoms with E-state index < -0.39 is 0 Å². The van der Waals surface area contributed by atoms with Crippen molar-refractivity contribution in [3.05, 3.63) is 0 Å². The third kappa shape index (κ3) is 2.95. The number of β-amino-alcohol motifs (C(OH)–C–C–N with tert-alkyl or cyclic N) is 1. The summed E-state index contributed by atoms with van der Waals surface area (Å²) in [4.78, 5) is 14.4. The number of carbonyl (C=O) groups is 1. The number of carbonyl (C=O) groups excluding carboxylic acids is 1. The van der Waals surface area contributed by atoms with Crippen LogP contribution in [0.1, 0.15) is 51.4 Å². The lowest BCUT2D eigenvalue weighted by molar-refractivity contribution is -0.138. The standard InChI is InChI=1S/C15H26N2O2/c18-12-5-3-9-17(10-12)15(19)14-8-7-11-4-1-2-6-13(11)16-14/h11-14,16,18H,1-10H2/t11?,12-,13?,14?/m0/s1. The molecule has 2 saturated heterocycles. The number of aliphatic hydroxyl groups excluding tert-OH is 1. The Morgan fingerprint density at radius 1 is 1.05 bits per heavy atom. The molecular formula is C15H26N2O2. The molecule has 4 atom stereocenters. The molecule has 0 bridgehead atoms. The molecular weight excluding hydrogens is 240 g/mol. The number of likely N-dealkylation sites (tertiary alicyclic amines) is 1. The van der Waals surface area contributed by atoms with E-state index >= 15 is 0 Å². The van der Waals surface area contributed by atoms with Crippen LogP contribution >= 0.6 is 0 Å². The summed E-state index contributed by atoms with van der Waals surface area (Å²) in [5, 5.41) is 13.3. The van der Waals surface area contributed by atoms with Crippen LogP contribution in [0.15, 0.2) is 0 Å². The van der Waals surface area contributed by atoms with Crippen LogP contribution in [-0.4, -0.2) is 47.2 Å². The summed E-state index contributed by atoms with van der Waals surface area (Å²) in [5.74, 6) is 1.02. The maximum atomic E-state index is 12.5. The highest BCUT2D eigenvalue weighted by atomic mass is 16.3. The molecule has 2 heterocycles. The van der Waals surface area contributed by atoms with Gasteiger partial charge in [0, 0.05) is 19.1 Å². The quantitative estimate of drug-likeness (QED) is 0.752. The predicted octanol–water partition coefficient (Wildman–Crippen LogP) is 1.28. The van der Waals surface area contributed by atoms with Crippen molar-refractivity contribution in [1.82, 2.24) is 10.2 Å². The van der Waals surface area contributed by atoms with Gasteiger partial charge in [-0.05, 0) is 44.4 Å². The van der Waals surface area contributed by atoms with Crippen molar-refractivity contribution in [1.29, 1.82) is 0 Å². The number of nitrogens with one attached hydrogen (secondary N) is 1. The third-order valence-corrected chi connectivity index (χ3v) is 5.16. The molecule has 2 N–H and O–H groups in total. The highest BCUT2D eigenvalue weighted by Crippen LogP contribution is 2.32. The average Bonchev–Trinajstić information content (AvgIpc) is 2.46. The molecule has 1 amide bonds. The molecule has 3 fully saturated rings. The van der Waals surface area contributed by atoms with E-state index in [9.17, 15) is 9.90 Å². The van der Waals surface area contributed by atoms with Crippen molar-refractivity contribution in [2.45, 2.75) is 69.6 Å². The van der Waals surface area contributed by atoms with Crippen molar-refractivity contribution < 1.29 is 9.90 Å². The van der Waals surface area contributed by atoms with E-state index in [1.807, 2.05) is 4.90 Å². The van der Waals surface area contributed by atoms with Gasteiger partial charge < -0.3 is 15.3 Å². The van der Waals surface area contributed by atoms with Crippen molar-refractivity contribution in [2.24, 2.45) is 5.92 Å². The van der Waals surface area contributed by atoms with Crippen molar-refractivity contribution in [3.8, 4) is 0 Å². The van der Waals surface area contributed by atoms with Gasteiger partial charge in [-0.3, -0.25) is 4.79 Å². The van der Waals surface area contributed by atoms with Crippen LogP contribution in [0.25, 0.3) is 0 Å². The normalized spacial score (nSPS) is 39.7. The Balaban J connectivity index is 1.58. The smallest absolute Gasteiger partial charge is 0.239 e. The van der Waals surface area contributed by atoms with E-state index in [2.05, 4.69) is 5.32 Å². The number of hydrogen-bond acceptors (Lipinski definition) is 3. The summed E-state index contributed by atoms with van der Waals surface area (Å²) in [6.07, 6.45) is 8.87. The summed E-state index contributed by atoms with van der Waals surface area (Å²) in [7, 11) is 0. The molecule has 0 radical (unpaired) electrons. The van der Waals surface area contributed by atoms with Crippen LogP contribution in [0.3, 0.4) is 0 Å². The van der Waals surface area contributed by atoms with Crippen LogP contribution in [0, 0.1) is 5.92 Å². The number of fused-ring (bicyclic) bond motifs is 1. The van der Waals surface area contributed by atoms with E-state index in [4.69, 9.17) is 0 Å². The molecule has 19 heavy (non-hydrogen) atoms. The molecule has 0 aromatic rings. The van der Waals surface area contributed by atoms with Gasteiger partial charge in [0.2, 0.25) is 5.91 Å². The zero-order valence-electron chi connectivity index (χ0n) is 11.7. The number of nitrogens with zero attached hydrogens (tertiary/aromatic N) is 1. The molecule has 1 aliphatic carbocycles. The zero-order chi connectivity index (χ0) is 13.2. The molecule has 3 aliphatic rings. The van der Waals surface area contributed by atoms with E-state index in [1.165, 1.54) is 32.1 Å². The average molecular weight is 266 g/mol.